The van der Waals surface area contributed by atoms with E-state index in [4.69, 9.17) is 0 Å². The van der Waals surface area contributed by atoms with Gasteiger partial charge >= 0.3 is 0 Å². The molecule has 138 valence electrons. The van der Waals surface area contributed by atoms with E-state index < -0.39 is 0 Å². The summed E-state index contributed by atoms with van der Waals surface area (Å²) in [6.07, 6.45) is 10.7. The van der Waals surface area contributed by atoms with Gasteiger partial charge in [-0.25, -0.2) is 4.98 Å². The van der Waals surface area contributed by atoms with E-state index in [1.165, 1.54) is 12.0 Å². The molecule has 1 N–H and O–H groups in total. The van der Waals surface area contributed by atoms with Gasteiger partial charge in [0.05, 0.1) is 12.4 Å². The number of hydrogen-bond acceptors (Lipinski definition) is 5. The summed E-state index contributed by atoms with van der Waals surface area (Å²) in [6.45, 7) is 3.80. The highest BCUT2D eigenvalue weighted by Gasteiger charge is 2.43. The Morgan fingerprint density at radius 2 is 2.15 bits per heavy atom. The molecular formula is C19H26N6O. The van der Waals surface area contributed by atoms with Crippen molar-refractivity contribution < 1.29 is 4.79 Å². The summed E-state index contributed by atoms with van der Waals surface area (Å²) in [4.78, 5) is 23.2. The van der Waals surface area contributed by atoms with E-state index in [1.54, 1.807) is 18.6 Å². The van der Waals surface area contributed by atoms with Gasteiger partial charge in [0.25, 0.3) is 0 Å². The van der Waals surface area contributed by atoms with Crippen molar-refractivity contribution in [1.29, 1.82) is 0 Å². The van der Waals surface area contributed by atoms with E-state index in [9.17, 15) is 4.79 Å². The Bertz CT molecular complexity index is 774. The highest BCUT2D eigenvalue weighted by molar-refractivity contribution is 5.77. The summed E-state index contributed by atoms with van der Waals surface area (Å²) in [6, 6.07) is 0.384. The summed E-state index contributed by atoms with van der Waals surface area (Å²) < 4.78 is 1.86. The number of amides is 1. The third-order valence-corrected chi connectivity index (χ3v) is 6.05. The minimum Gasteiger partial charge on any atom is -0.366 e. The molecule has 2 fully saturated rings. The minimum absolute atomic E-state index is 0.265. The van der Waals surface area contributed by atoms with Gasteiger partial charge in [-0.2, -0.15) is 5.10 Å². The topological polar surface area (TPSA) is 75.9 Å². The molecule has 2 aromatic rings. The molecule has 2 aliphatic rings. The second-order valence-electron chi connectivity index (χ2n) is 7.52. The van der Waals surface area contributed by atoms with Crippen molar-refractivity contribution in [2.45, 2.75) is 38.6 Å². The fourth-order valence-corrected chi connectivity index (χ4v) is 4.40. The molecule has 1 amide bonds. The summed E-state index contributed by atoms with van der Waals surface area (Å²) in [7, 11) is 1.94. The number of likely N-dealkylation sites (tertiary alicyclic amines) is 1. The van der Waals surface area contributed by atoms with Crippen molar-refractivity contribution in [3.8, 4) is 0 Å². The molecular weight excluding hydrogens is 328 g/mol. The SMILES string of the molecule is Cc1c(CCC(=O)N2C[C@H]3CC[C@@H](Nc4cnccn4)[C@H]3C2)cnn1C. The van der Waals surface area contributed by atoms with E-state index in [0.29, 0.717) is 24.3 Å². The number of aromatic nitrogens is 4. The fraction of sp³-hybridized carbons (Fsp3) is 0.579. The van der Waals surface area contributed by atoms with Crippen LogP contribution in [0, 0.1) is 18.8 Å². The van der Waals surface area contributed by atoms with Crippen LogP contribution in [-0.4, -0.2) is 49.7 Å². The molecule has 1 aliphatic carbocycles. The minimum atomic E-state index is 0.265. The Morgan fingerprint density at radius 1 is 1.27 bits per heavy atom. The first-order valence-corrected chi connectivity index (χ1v) is 9.39. The average molecular weight is 354 g/mol. The van der Waals surface area contributed by atoms with Crippen LogP contribution >= 0.6 is 0 Å². The van der Waals surface area contributed by atoms with Crippen molar-refractivity contribution in [1.82, 2.24) is 24.6 Å². The number of aryl methyl sites for hydroxylation is 2. The lowest BCUT2D eigenvalue weighted by molar-refractivity contribution is -0.130. The van der Waals surface area contributed by atoms with Crippen LogP contribution in [-0.2, 0) is 18.3 Å². The summed E-state index contributed by atoms with van der Waals surface area (Å²) >= 11 is 0. The number of carbonyl (C=O) groups excluding carboxylic acids is 1. The lowest BCUT2D eigenvalue weighted by atomic mass is 9.98. The Labute approximate surface area is 153 Å². The van der Waals surface area contributed by atoms with Gasteiger partial charge in [0, 0.05) is 56.6 Å². The predicted molar refractivity (Wildman–Crippen MR) is 98.5 cm³/mol. The number of anilines is 1. The molecule has 26 heavy (non-hydrogen) atoms. The maximum atomic E-state index is 12.7. The zero-order chi connectivity index (χ0) is 18.1. The predicted octanol–water partition coefficient (Wildman–Crippen LogP) is 1.80. The Morgan fingerprint density at radius 3 is 2.88 bits per heavy atom. The summed E-state index contributed by atoms with van der Waals surface area (Å²) in [5.41, 5.74) is 2.31. The van der Waals surface area contributed by atoms with Crippen molar-refractivity contribution in [2.24, 2.45) is 18.9 Å². The van der Waals surface area contributed by atoms with E-state index in [1.807, 2.05) is 17.9 Å². The van der Waals surface area contributed by atoms with Gasteiger partial charge in [-0.05, 0) is 37.7 Å². The third kappa shape index (κ3) is 3.30. The van der Waals surface area contributed by atoms with Gasteiger partial charge in [-0.3, -0.25) is 14.5 Å². The maximum Gasteiger partial charge on any atom is 0.222 e. The first-order chi connectivity index (χ1) is 12.6. The largest absolute Gasteiger partial charge is 0.366 e. The van der Waals surface area contributed by atoms with Gasteiger partial charge in [0.15, 0.2) is 0 Å². The molecule has 0 radical (unpaired) electrons. The Balaban J connectivity index is 1.33. The molecule has 1 saturated heterocycles. The zero-order valence-electron chi connectivity index (χ0n) is 15.4. The van der Waals surface area contributed by atoms with Crippen LogP contribution in [0.5, 0.6) is 0 Å². The standard InChI is InChI=1S/C19H26N6O/c1-13-14(9-22-24(13)2)4-6-19(26)25-11-15-3-5-17(16(15)12-25)23-18-10-20-7-8-21-18/h7-10,15-17H,3-6,11-12H2,1-2H3,(H,21,23)/t15-,16+,17-/m1/s1. The fourth-order valence-electron chi connectivity index (χ4n) is 4.40. The smallest absolute Gasteiger partial charge is 0.222 e. The van der Waals surface area contributed by atoms with Crippen LogP contribution in [0.3, 0.4) is 0 Å². The van der Waals surface area contributed by atoms with Crippen LogP contribution in [0.15, 0.2) is 24.8 Å². The van der Waals surface area contributed by atoms with Gasteiger partial charge in [-0.15, -0.1) is 0 Å². The summed E-state index contributed by atoms with van der Waals surface area (Å²) in [5, 5.41) is 7.78. The van der Waals surface area contributed by atoms with E-state index in [2.05, 4.69) is 32.2 Å². The number of rotatable bonds is 5. The molecule has 0 aromatic carbocycles. The Hall–Kier alpha value is -2.44. The molecule has 7 heteroatoms. The van der Waals surface area contributed by atoms with Crippen LogP contribution < -0.4 is 5.32 Å². The molecule has 1 aliphatic heterocycles. The normalized spacial score (nSPS) is 24.7. The summed E-state index contributed by atoms with van der Waals surface area (Å²) in [5.74, 6) is 2.21. The molecule has 2 aromatic heterocycles. The van der Waals surface area contributed by atoms with Crippen LogP contribution in [0.1, 0.15) is 30.5 Å². The number of fused-ring (bicyclic) bond motifs is 1. The van der Waals surface area contributed by atoms with Gasteiger partial charge in [0.2, 0.25) is 5.91 Å². The van der Waals surface area contributed by atoms with E-state index >= 15 is 0 Å². The molecule has 1 saturated carbocycles. The zero-order valence-corrected chi connectivity index (χ0v) is 15.4. The first kappa shape index (κ1) is 17.0. The lowest BCUT2D eigenvalue weighted by Crippen LogP contribution is -2.33. The molecule has 0 spiro atoms. The highest BCUT2D eigenvalue weighted by Crippen LogP contribution is 2.39. The van der Waals surface area contributed by atoms with Crippen molar-refractivity contribution in [3.05, 3.63) is 36.0 Å². The number of carbonyl (C=O) groups is 1. The van der Waals surface area contributed by atoms with Gasteiger partial charge in [-0.1, -0.05) is 0 Å². The number of nitrogens with zero attached hydrogens (tertiary/aromatic N) is 5. The molecule has 0 unspecified atom stereocenters. The van der Waals surface area contributed by atoms with Crippen LogP contribution in [0.4, 0.5) is 5.82 Å². The van der Waals surface area contributed by atoms with Crippen molar-refractivity contribution >= 4 is 11.7 Å². The van der Waals surface area contributed by atoms with Gasteiger partial charge in [0.1, 0.15) is 5.82 Å². The number of nitrogens with one attached hydrogen (secondary N) is 1. The van der Waals surface area contributed by atoms with Crippen LogP contribution in [0.2, 0.25) is 0 Å². The molecule has 0 bridgehead atoms. The molecule has 7 nitrogen and oxygen atoms in total. The second kappa shape index (κ2) is 7.05. The lowest BCUT2D eigenvalue weighted by Gasteiger charge is -2.22. The van der Waals surface area contributed by atoms with Crippen LogP contribution in [0.25, 0.3) is 0 Å². The third-order valence-electron chi connectivity index (χ3n) is 6.05. The molecule has 4 rings (SSSR count). The molecule has 3 heterocycles. The second-order valence-corrected chi connectivity index (χ2v) is 7.52. The van der Waals surface area contributed by atoms with Crippen molar-refractivity contribution in [3.63, 3.8) is 0 Å². The number of hydrogen-bond donors (Lipinski definition) is 1. The quantitative estimate of drug-likeness (QED) is 0.886. The van der Waals surface area contributed by atoms with E-state index in [0.717, 1.165) is 37.4 Å². The van der Waals surface area contributed by atoms with Crippen molar-refractivity contribution in [2.75, 3.05) is 18.4 Å². The average Bonchev–Trinajstić information content (AvgIpc) is 3.32. The molecule has 3 atom stereocenters. The van der Waals surface area contributed by atoms with Gasteiger partial charge < -0.3 is 10.2 Å². The van der Waals surface area contributed by atoms with E-state index in [-0.39, 0.29) is 5.91 Å². The first-order valence-electron chi connectivity index (χ1n) is 9.39. The monoisotopic (exact) mass is 354 g/mol. The maximum absolute atomic E-state index is 12.7. The Kier molecular flexibility index (Phi) is 4.61. The highest BCUT2D eigenvalue weighted by atomic mass is 16.2.